The number of aryl methyl sites for hydroxylation is 1. The summed E-state index contributed by atoms with van der Waals surface area (Å²) in [5.41, 5.74) is 1.51. The lowest BCUT2D eigenvalue weighted by molar-refractivity contribution is -0.0603. The van der Waals surface area contributed by atoms with Gasteiger partial charge in [0.2, 0.25) is 0 Å². The summed E-state index contributed by atoms with van der Waals surface area (Å²) in [6.45, 7) is 4.36. The molecular weight excluding hydrogens is 246 g/mol. The molecule has 4 aliphatic rings. The highest BCUT2D eigenvalue weighted by molar-refractivity contribution is 5.35. The van der Waals surface area contributed by atoms with Gasteiger partial charge in [0.1, 0.15) is 5.82 Å². The second-order valence-corrected chi connectivity index (χ2v) is 7.71. The van der Waals surface area contributed by atoms with Gasteiger partial charge in [-0.1, -0.05) is 0 Å². The average Bonchev–Trinajstić information content (AvgIpc) is 2.40. The van der Waals surface area contributed by atoms with Crippen LogP contribution in [0.5, 0.6) is 0 Å². The van der Waals surface area contributed by atoms with E-state index in [1.54, 1.807) is 0 Å². The van der Waals surface area contributed by atoms with E-state index in [4.69, 9.17) is 0 Å². The zero-order valence-electron chi connectivity index (χ0n) is 12.6. The predicted molar refractivity (Wildman–Crippen MR) is 80.5 cm³/mol. The van der Waals surface area contributed by atoms with Gasteiger partial charge in [0.05, 0.1) is 5.69 Å². The van der Waals surface area contributed by atoms with E-state index >= 15 is 0 Å². The van der Waals surface area contributed by atoms with Crippen LogP contribution in [0.1, 0.15) is 51.1 Å². The molecule has 4 bridgehead atoms. The minimum Gasteiger partial charge on any atom is -0.366 e. The molecule has 0 radical (unpaired) electrons. The second kappa shape index (κ2) is 4.44. The molecule has 5 rings (SSSR count). The third-order valence-corrected chi connectivity index (χ3v) is 6.17. The maximum atomic E-state index is 4.28. The third kappa shape index (κ3) is 2.02. The highest BCUT2D eigenvalue weighted by Gasteiger charge is 2.53. The van der Waals surface area contributed by atoms with Crippen LogP contribution >= 0.6 is 0 Å². The maximum absolute atomic E-state index is 4.28. The van der Waals surface area contributed by atoms with Crippen molar-refractivity contribution in [2.75, 3.05) is 5.32 Å². The molecule has 3 nitrogen and oxygen atoms in total. The van der Waals surface area contributed by atoms with E-state index in [0.29, 0.717) is 11.5 Å². The lowest BCUT2D eigenvalue weighted by Crippen LogP contribution is -2.53. The number of rotatable bonds is 3. The molecule has 20 heavy (non-hydrogen) atoms. The van der Waals surface area contributed by atoms with Crippen LogP contribution in [-0.4, -0.2) is 16.2 Å². The van der Waals surface area contributed by atoms with Crippen molar-refractivity contribution in [3.63, 3.8) is 0 Å². The van der Waals surface area contributed by atoms with Crippen LogP contribution in [-0.2, 0) is 0 Å². The quantitative estimate of drug-likeness (QED) is 0.908. The third-order valence-electron chi connectivity index (χ3n) is 6.17. The van der Waals surface area contributed by atoms with Gasteiger partial charge in [-0.05, 0) is 87.7 Å². The Bertz CT molecular complexity index is 458. The summed E-state index contributed by atoms with van der Waals surface area (Å²) in [5, 5.41) is 12.1. The Morgan fingerprint density at radius 3 is 2.15 bits per heavy atom. The Hall–Kier alpha value is -1.12. The largest absolute Gasteiger partial charge is 0.366 e. The second-order valence-electron chi connectivity index (χ2n) is 7.71. The summed E-state index contributed by atoms with van der Waals surface area (Å²) >= 11 is 0. The Labute approximate surface area is 121 Å². The highest BCUT2D eigenvalue weighted by Crippen LogP contribution is 2.61. The fourth-order valence-corrected chi connectivity index (χ4v) is 5.56. The van der Waals surface area contributed by atoms with Gasteiger partial charge in [-0.15, -0.1) is 5.10 Å². The normalized spacial score (nSPS) is 39.8. The minimum atomic E-state index is 0.521. The summed E-state index contributed by atoms with van der Waals surface area (Å²) < 4.78 is 0. The topological polar surface area (TPSA) is 37.8 Å². The SMILES string of the molecule is Cc1ccc(NC(C)C23CC4CC(CC(C4)C2)C3)nn1. The van der Waals surface area contributed by atoms with E-state index in [-0.39, 0.29) is 0 Å². The monoisotopic (exact) mass is 271 g/mol. The zero-order valence-corrected chi connectivity index (χ0v) is 12.6. The molecule has 1 heterocycles. The van der Waals surface area contributed by atoms with Gasteiger partial charge in [-0.2, -0.15) is 5.10 Å². The Balaban J connectivity index is 1.53. The molecule has 1 N–H and O–H groups in total. The van der Waals surface area contributed by atoms with Gasteiger partial charge in [0, 0.05) is 6.04 Å². The van der Waals surface area contributed by atoms with Crippen LogP contribution in [0.2, 0.25) is 0 Å². The van der Waals surface area contributed by atoms with E-state index < -0.39 is 0 Å². The molecule has 0 spiro atoms. The van der Waals surface area contributed by atoms with Gasteiger partial charge in [-0.25, -0.2) is 0 Å². The van der Waals surface area contributed by atoms with Crippen LogP contribution in [0.15, 0.2) is 12.1 Å². The number of aromatic nitrogens is 2. The molecule has 1 atom stereocenters. The number of nitrogens with zero attached hydrogens (tertiary/aromatic N) is 2. The summed E-state index contributed by atoms with van der Waals surface area (Å²) in [7, 11) is 0. The average molecular weight is 271 g/mol. The smallest absolute Gasteiger partial charge is 0.148 e. The highest BCUT2D eigenvalue weighted by atomic mass is 15.2. The standard InChI is InChI=1S/C17H25N3/c1-11-3-4-16(20-19-11)18-12(2)17-8-13-5-14(9-17)7-15(6-13)10-17/h3-4,12-15H,5-10H2,1-2H3,(H,18,20). The predicted octanol–water partition coefficient (Wildman–Crippen LogP) is 3.80. The Morgan fingerprint density at radius 1 is 1.05 bits per heavy atom. The van der Waals surface area contributed by atoms with Crippen molar-refractivity contribution in [1.82, 2.24) is 10.2 Å². The Kier molecular flexibility index (Phi) is 2.80. The van der Waals surface area contributed by atoms with E-state index in [1.807, 2.05) is 13.0 Å². The fraction of sp³-hybridized carbons (Fsp3) is 0.765. The molecule has 4 aliphatic carbocycles. The molecular formula is C17H25N3. The molecule has 0 aliphatic heterocycles. The molecule has 1 unspecified atom stereocenters. The van der Waals surface area contributed by atoms with E-state index in [9.17, 15) is 0 Å². The molecule has 4 fully saturated rings. The van der Waals surface area contributed by atoms with Crippen molar-refractivity contribution in [3.8, 4) is 0 Å². The Morgan fingerprint density at radius 2 is 1.65 bits per heavy atom. The van der Waals surface area contributed by atoms with Gasteiger partial charge in [0.25, 0.3) is 0 Å². The number of hydrogen-bond donors (Lipinski definition) is 1. The van der Waals surface area contributed by atoms with E-state index in [1.165, 1.54) is 38.5 Å². The summed E-state index contributed by atoms with van der Waals surface area (Å²) in [5.74, 6) is 3.97. The molecule has 3 heteroatoms. The van der Waals surface area contributed by atoms with E-state index in [0.717, 1.165) is 29.3 Å². The van der Waals surface area contributed by atoms with Crippen LogP contribution in [0.3, 0.4) is 0 Å². The molecule has 1 aromatic rings. The van der Waals surface area contributed by atoms with Crippen molar-refractivity contribution < 1.29 is 0 Å². The zero-order chi connectivity index (χ0) is 13.7. The lowest BCUT2D eigenvalue weighted by Gasteiger charge is -2.59. The molecule has 0 amide bonds. The van der Waals surface area contributed by atoms with Crippen molar-refractivity contribution in [1.29, 1.82) is 0 Å². The lowest BCUT2D eigenvalue weighted by atomic mass is 9.48. The van der Waals surface area contributed by atoms with Crippen LogP contribution in [0, 0.1) is 30.1 Å². The first kappa shape index (κ1) is 12.6. The molecule has 0 aromatic carbocycles. The molecule has 0 saturated heterocycles. The molecule has 108 valence electrons. The van der Waals surface area contributed by atoms with Crippen molar-refractivity contribution in [2.24, 2.45) is 23.2 Å². The van der Waals surface area contributed by atoms with Gasteiger partial charge >= 0.3 is 0 Å². The molecule has 1 aromatic heterocycles. The summed E-state index contributed by atoms with van der Waals surface area (Å²) in [4.78, 5) is 0. The first-order chi connectivity index (χ1) is 9.63. The molecule has 4 saturated carbocycles. The first-order valence-corrected chi connectivity index (χ1v) is 8.20. The van der Waals surface area contributed by atoms with Crippen molar-refractivity contribution in [3.05, 3.63) is 17.8 Å². The number of anilines is 1. The van der Waals surface area contributed by atoms with Crippen molar-refractivity contribution in [2.45, 2.75) is 58.4 Å². The number of nitrogens with one attached hydrogen (secondary N) is 1. The van der Waals surface area contributed by atoms with Crippen LogP contribution in [0.25, 0.3) is 0 Å². The van der Waals surface area contributed by atoms with Gasteiger partial charge in [0.15, 0.2) is 0 Å². The summed E-state index contributed by atoms with van der Waals surface area (Å²) in [6, 6.07) is 4.63. The first-order valence-electron chi connectivity index (χ1n) is 8.20. The van der Waals surface area contributed by atoms with Gasteiger partial charge < -0.3 is 5.32 Å². The minimum absolute atomic E-state index is 0.521. The summed E-state index contributed by atoms with van der Waals surface area (Å²) in [6.07, 6.45) is 8.84. The van der Waals surface area contributed by atoms with E-state index in [2.05, 4.69) is 28.5 Å². The number of hydrogen-bond acceptors (Lipinski definition) is 3. The van der Waals surface area contributed by atoms with Crippen LogP contribution < -0.4 is 5.32 Å². The van der Waals surface area contributed by atoms with Crippen molar-refractivity contribution >= 4 is 5.82 Å². The van der Waals surface area contributed by atoms with Gasteiger partial charge in [-0.3, -0.25) is 0 Å². The maximum Gasteiger partial charge on any atom is 0.148 e. The van der Waals surface area contributed by atoms with Crippen LogP contribution in [0.4, 0.5) is 5.82 Å². The fourth-order valence-electron chi connectivity index (χ4n) is 5.56.